The van der Waals surface area contributed by atoms with Crippen LogP contribution in [0.15, 0.2) is 24.3 Å². The zero-order chi connectivity index (χ0) is 17.5. The van der Waals surface area contributed by atoms with E-state index in [4.69, 9.17) is 4.74 Å². The van der Waals surface area contributed by atoms with Crippen molar-refractivity contribution >= 4 is 17.5 Å². The van der Waals surface area contributed by atoms with Gasteiger partial charge in [0.1, 0.15) is 0 Å². The van der Waals surface area contributed by atoms with E-state index in [0.717, 1.165) is 19.6 Å². The van der Waals surface area contributed by atoms with E-state index in [1.54, 1.807) is 24.3 Å². The fourth-order valence-corrected chi connectivity index (χ4v) is 2.80. The van der Waals surface area contributed by atoms with Gasteiger partial charge in [-0.3, -0.25) is 14.5 Å². The molecule has 0 spiro atoms. The molecule has 6 nitrogen and oxygen atoms in total. The molecule has 6 heteroatoms. The Labute approximate surface area is 143 Å². The molecule has 1 aromatic rings. The van der Waals surface area contributed by atoms with Gasteiger partial charge in [0.2, 0.25) is 5.91 Å². The van der Waals surface area contributed by atoms with Crippen LogP contribution >= 0.6 is 0 Å². The SMILES string of the molecule is CC(=O)Nc1ccc(C(=O)NC[C@@H]2CN(CC(C)C)CCO2)cc1. The van der Waals surface area contributed by atoms with E-state index in [2.05, 4.69) is 29.4 Å². The summed E-state index contributed by atoms with van der Waals surface area (Å²) in [5, 5.41) is 5.60. The van der Waals surface area contributed by atoms with E-state index in [0.29, 0.717) is 30.3 Å². The third-order valence-corrected chi connectivity index (χ3v) is 3.80. The molecule has 1 aliphatic rings. The fourth-order valence-electron chi connectivity index (χ4n) is 2.80. The summed E-state index contributed by atoms with van der Waals surface area (Å²) in [5.41, 5.74) is 1.25. The summed E-state index contributed by atoms with van der Waals surface area (Å²) >= 11 is 0. The predicted octanol–water partition coefficient (Wildman–Crippen LogP) is 1.73. The number of hydrogen-bond donors (Lipinski definition) is 2. The molecule has 0 aliphatic carbocycles. The molecule has 1 fully saturated rings. The Morgan fingerprint density at radius 3 is 2.62 bits per heavy atom. The first-order valence-corrected chi connectivity index (χ1v) is 8.44. The smallest absolute Gasteiger partial charge is 0.251 e. The highest BCUT2D eigenvalue weighted by Crippen LogP contribution is 2.10. The Morgan fingerprint density at radius 2 is 2.00 bits per heavy atom. The van der Waals surface area contributed by atoms with Gasteiger partial charge in [-0.1, -0.05) is 13.8 Å². The van der Waals surface area contributed by atoms with Gasteiger partial charge in [0, 0.05) is 44.4 Å². The van der Waals surface area contributed by atoms with Crippen molar-refractivity contribution in [1.29, 1.82) is 0 Å². The van der Waals surface area contributed by atoms with Crippen molar-refractivity contribution < 1.29 is 14.3 Å². The van der Waals surface area contributed by atoms with Crippen molar-refractivity contribution in [1.82, 2.24) is 10.2 Å². The number of rotatable bonds is 6. The minimum absolute atomic E-state index is 0.0279. The van der Waals surface area contributed by atoms with Gasteiger partial charge in [0.25, 0.3) is 5.91 Å². The first kappa shape index (κ1) is 18.4. The zero-order valence-electron chi connectivity index (χ0n) is 14.7. The van der Waals surface area contributed by atoms with Crippen LogP contribution in [0.2, 0.25) is 0 Å². The van der Waals surface area contributed by atoms with Crippen molar-refractivity contribution in [3.05, 3.63) is 29.8 Å². The van der Waals surface area contributed by atoms with Gasteiger partial charge in [0.15, 0.2) is 0 Å². The van der Waals surface area contributed by atoms with Crippen molar-refractivity contribution in [3.8, 4) is 0 Å². The molecule has 0 saturated carbocycles. The van der Waals surface area contributed by atoms with E-state index in [1.807, 2.05) is 0 Å². The Kier molecular flexibility index (Phi) is 6.75. The highest BCUT2D eigenvalue weighted by molar-refractivity contribution is 5.95. The van der Waals surface area contributed by atoms with Gasteiger partial charge in [0.05, 0.1) is 12.7 Å². The molecule has 1 saturated heterocycles. The van der Waals surface area contributed by atoms with E-state index in [1.165, 1.54) is 6.92 Å². The van der Waals surface area contributed by atoms with Crippen LogP contribution in [-0.2, 0) is 9.53 Å². The highest BCUT2D eigenvalue weighted by Gasteiger charge is 2.21. The number of benzene rings is 1. The molecule has 2 rings (SSSR count). The van der Waals surface area contributed by atoms with Gasteiger partial charge < -0.3 is 15.4 Å². The summed E-state index contributed by atoms with van der Waals surface area (Å²) in [6, 6.07) is 6.84. The maximum absolute atomic E-state index is 12.2. The molecule has 2 N–H and O–H groups in total. The second-order valence-corrected chi connectivity index (χ2v) is 6.61. The lowest BCUT2D eigenvalue weighted by Gasteiger charge is -2.33. The normalized spacial score (nSPS) is 18.4. The summed E-state index contributed by atoms with van der Waals surface area (Å²) in [6.07, 6.45) is 0.0279. The standard InChI is InChI=1S/C18H27N3O3/c1-13(2)11-21-8-9-24-17(12-21)10-19-18(23)15-4-6-16(7-5-15)20-14(3)22/h4-7,13,17H,8-12H2,1-3H3,(H,19,23)(H,20,22)/t17-/m1/s1. The number of ether oxygens (including phenoxy) is 1. The number of carbonyl (C=O) groups excluding carboxylic acids is 2. The molecule has 1 atom stereocenters. The lowest BCUT2D eigenvalue weighted by molar-refractivity contribution is -0.114. The summed E-state index contributed by atoms with van der Waals surface area (Å²) < 4.78 is 5.74. The molecule has 132 valence electrons. The Balaban J connectivity index is 1.81. The average molecular weight is 333 g/mol. The van der Waals surface area contributed by atoms with E-state index in [9.17, 15) is 9.59 Å². The van der Waals surface area contributed by atoms with Crippen LogP contribution in [0.1, 0.15) is 31.1 Å². The molecule has 1 aliphatic heterocycles. The van der Waals surface area contributed by atoms with E-state index < -0.39 is 0 Å². The van der Waals surface area contributed by atoms with Crippen LogP contribution in [0, 0.1) is 5.92 Å². The molecule has 1 heterocycles. The maximum Gasteiger partial charge on any atom is 0.251 e. The van der Waals surface area contributed by atoms with E-state index >= 15 is 0 Å². The van der Waals surface area contributed by atoms with Crippen molar-refractivity contribution in [2.24, 2.45) is 5.92 Å². The minimum Gasteiger partial charge on any atom is -0.374 e. The van der Waals surface area contributed by atoms with Crippen LogP contribution in [0.25, 0.3) is 0 Å². The maximum atomic E-state index is 12.2. The number of nitrogens with one attached hydrogen (secondary N) is 2. The number of hydrogen-bond acceptors (Lipinski definition) is 4. The Bertz CT molecular complexity index is 557. The van der Waals surface area contributed by atoms with Crippen molar-refractivity contribution in [2.75, 3.05) is 38.1 Å². The van der Waals surface area contributed by atoms with E-state index in [-0.39, 0.29) is 17.9 Å². The lowest BCUT2D eigenvalue weighted by atomic mass is 10.1. The number of carbonyl (C=O) groups is 2. The highest BCUT2D eigenvalue weighted by atomic mass is 16.5. The van der Waals surface area contributed by atoms with Gasteiger partial charge in [-0.15, -0.1) is 0 Å². The predicted molar refractivity (Wildman–Crippen MR) is 94.1 cm³/mol. The zero-order valence-corrected chi connectivity index (χ0v) is 14.7. The third-order valence-electron chi connectivity index (χ3n) is 3.80. The van der Waals surface area contributed by atoms with Crippen molar-refractivity contribution in [3.63, 3.8) is 0 Å². The summed E-state index contributed by atoms with van der Waals surface area (Å²) in [6.45, 7) is 9.92. The van der Waals surface area contributed by atoms with Crippen LogP contribution < -0.4 is 10.6 Å². The van der Waals surface area contributed by atoms with Crippen LogP contribution in [0.4, 0.5) is 5.69 Å². The monoisotopic (exact) mass is 333 g/mol. The third kappa shape index (κ3) is 5.94. The van der Waals surface area contributed by atoms with Gasteiger partial charge >= 0.3 is 0 Å². The van der Waals surface area contributed by atoms with Crippen LogP contribution in [0.5, 0.6) is 0 Å². The molecule has 2 amide bonds. The topological polar surface area (TPSA) is 70.7 Å². The van der Waals surface area contributed by atoms with Gasteiger partial charge in [-0.25, -0.2) is 0 Å². The minimum atomic E-state index is -0.132. The number of anilines is 1. The number of nitrogens with zero attached hydrogens (tertiary/aromatic N) is 1. The molecule has 0 bridgehead atoms. The first-order valence-electron chi connectivity index (χ1n) is 8.44. The molecule has 0 unspecified atom stereocenters. The van der Waals surface area contributed by atoms with Gasteiger partial charge in [-0.05, 0) is 30.2 Å². The summed E-state index contributed by atoms with van der Waals surface area (Å²) in [4.78, 5) is 25.6. The Morgan fingerprint density at radius 1 is 1.29 bits per heavy atom. The first-order chi connectivity index (χ1) is 11.4. The van der Waals surface area contributed by atoms with Gasteiger partial charge in [-0.2, -0.15) is 0 Å². The molecular weight excluding hydrogens is 306 g/mol. The van der Waals surface area contributed by atoms with Crippen LogP contribution in [-0.4, -0.2) is 55.6 Å². The summed E-state index contributed by atoms with van der Waals surface area (Å²) in [7, 11) is 0. The molecule has 0 radical (unpaired) electrons. The van der Waals surface area contributed by atoms with Crippen LogP contribution in [0.3, 0.4) is 0 Å². The molecule has 24 heavy (non-hydrogen) atoms. The quantitative estimate of drug-likeness (QED) is 0.832. The largest absolute Gasteiger partial charge is 0.374 e. The lowest BCUT2D eigenvalue weighted by Crippen LogP contribution is -2.48. The number of amides is 2. The Hall–Kier alpha value is -1.92. The second-order valence-electron chi connectivity index (χ2n) is 6.61. The van der Waals surface area contributed by atoms with Crippen molar-refractivity contribution in [2.45, 2.75) is 26.9 Å². The fraction of sp³-hybridized carbons (Fsp3) is 0.556. The molecular formula is C18H27N3O3. The second kappa shape index (κ2) is 8.80. The average Bonchev–Trinajstić information content (AvgIpc) is 2.52. The summed E-state index contributed by atoms with van der Waals surface area (Å²) in [5.74, 6) is 0.363. The number of morpholine rings is 1. The molecule has 1 aromatic carbocycles. The molecule has 0 aromatic heterocycles.